The molecule has 182 valence electrons. The molecule has 2 fully saturated rings. The van der Waals surface area contributed by atoms with Gasteiger partial charge in [0.05, 0.1) is 38.3 Å². The standard InChI is InChI=1S/C21H28NO10P/c1-6-21(4)19-16(31-20(21)22-8-7-14(23)9-17(22)24)12-29-33(26,32-19)28-11-15(27-5)10-18(25)30-13(2)3/h1,7-8,13,15-16,19-20H,9-12H2,2-5H3/t15-,16-,19-,20-,21-,33+/m1/s1. The van der Waals surface area contributed by atoms with Crippen LogP contribution >= 0.6 is 7.82 Å². The Kier molecular flexibility index (Phi) is 7.79. The normalized spacial score (nSPS) is 34.8. The number of rotatable bonds is 8. The Morgan fingerprint density at radius 3 is 2.76 bits per heavy atom. The highest BCUT2D eigenvalue weighted by atomic mass is 31.2. The summed E-state index contributed by atoms with van der Waals surface area (Å²) in [5.41, 5.74) is -1.21. The molecule has 1 amide bonds. The zero-order valence-electron chi connectivity index (χ0n) is 18.9. The largest absolute Gasteiger partial charge is 0.475 e. The highest BCUT2D eigenvalue weighted by Gasteiger charge is 2.61. The first-order chi connectivity index (χ1) is 15.5. The van der Waals surface area contributed by atoms with Gasteiger partial charge in [-0.05, 0) is 26.8 Å². The van der Waals surface area contributed by atoms with Crippen LogP contribution in [-0.4, -0.2) is 73.5 Å². The van der Waals surface area contributed by atoms with E-state index in [0.717, 1.165) is 0 Å². The number of ether oxygens (including phenoxy) is 3. The Labute approximate surface area is 192 Å². The van der Waals surface area contributed by atoms with Gasteiger partial charge in [-0.15, -0.1) is 6.42 Å². The van der Waals surface area contributed by atoms with Gasteiger partial charge in [-0.1, -0.05) is 5.92 Å². The number of carbonyl (C=O) groups is 3. The molecule has 12 heteroatoms. The SMILES string of the molecule is C#C[C@]1(C)[C@@H]2O[P@@](=O)(OC[C@@H](CC(=O)OC(C)C)OC)OC[C@H]2O[C@H]1N1C=CC(=O)CC1=O. The lowest BCUT2D eigenvalue weighted by atomic mass is 9.82. The van der Waals surface area contributed by atoms with Crippen LogP contribution in [0.1, 0.15) is 33.6 Å². The van der Waals surface area contributed by atoms with Gasteiger partial charge in [-0.2, -0.15) is 0 Å². The molecule has 2 saturated heterocycles. The van der Waals surface area contributed by atoms with Crippen LogP contribution in [0.5, 0.6) is 0 Å². The molecule has 11 nitrogen and oxygen atoms in total. The molecule has 3 aliphatic rings. The van der Waals surface area contributed by atoms with Crippen molar-refractivity contribution in [3.8, 4) is 12.3 Å². The van der Waals surface area contributed by atoms with Gasteiger partial charge in [0.1, 0.15) is 17.6 Å². The van der Waals surface area contributed by atoms with Crippen molar-refractivity contribution >= 4 is 25.5 Å². The zero-order valence-corrected chi connectivity index (χ0v) is 19.8. The van der Waals surface area contributed by atoms with Crippen molar-refractivity contribution in [1.29, 1.82) is 0 Å². The number of carbonyl (C=O) groups excluding carboxylic acids is 3. The molecule has 3 aliphatic heterocycles. The highest BCUT2D eigenvalue weighted by molar-refractivity contribution is 7.48. The third-order valence-electron chi connectivity index (χ3n) is 5.50. The third kappa shape index (κ3) is 5.54. The molecule has 6 atom stereocenters. The van der Waals surface area contributed by atoms with Crippen molar-refractivity contribution in [2.45, 2.75) is 64.3 Å². The van der Waals surface area contributed by atoms with Crippen molar-refractivity contribution in [2.24, 2.45) is 5.41 Å². The van der Waals surface area contributed by atoms with Crippen LogP contribution in [-0.2, 0) is 46.7 Å². The molecule has 3 heterocycles. The maximum Gasteiger partial charge on any atom is 0.475 e. The predicted molar refractivity (Wildman–Crippen MR) is 112 cm³/mol. The van der Waals surface area contributed by atoms with E-state index < -0.39 is 49.7 Å². The summed E-state index contributed by atoms with van der Waals surface area (Å²) in [4.78, 5) is 37.0. The fourth-order valence-electron chi connectivity index (χ4n) is 3.76. The molecule has 3 rings (SSSR count). The Hall–Kier alpha value is -2.06. The fraction of sp³-hybridized carbons (Fsp3) is 0.667. The summed E-state index contributed by atoms with van der Waals surface area (Å²) in [6.07, 6.45) is 4.34. The molecular weight excluding hydrogens is 457 g/mol. The summed E-state index contributed by atoms with van der Waals surface area (Å²) >= 11 is 0. The first-order valence-electron chi connectivity index (χ1n) is 10.5. The van der Waals surface area contributed by atoms with Crippen molar-refractivity contribution in [2.75, 3.05) is 20.3 Å². The lowest BCUT2D eigenvalue weighted by molar-refractivity contribution is -0.151. The Balaban J connectivity index is 1.69. The lowest BCUT2D eigenvalue weighted by Gasteiger charge is -2.37. The smallest absolute Gasteiger partial charge is 0.463 e. The van der Waals surface area contributed by atoms with Crippen LogP contribution in [0.15, 0.2) is 12.3 Å². The van der Waals surface area contributed by atoms with E-state index in [0.29, 0.717) is 0 Å². The summed E-state index contributed by atoms with van der Waals surface area (Å²) < 4.78 is 45.8. The molecular formula is C21H28NO10P. The molecule has 0 N–H and O–H groups in total. The van der Waals surface area contributed by atoms with Crippen LogP contribution in [0, 0.1) is 17.8 Å². The van der Waals surface area contributed by atoms with Crippen molar-refractivity contribution in [3.05, 3.63) is 12.3 Å². The number of nitrogens with zero attached hydrogens (tertiary/aromatic N) is 1. The highest BCUT2D eigenvalue weighted by Crippen LogP contribution is 2.59. The van der Waals surface area contributed by atoms with E-state index in [9.17, 15) is 18.9 Å². The molecule has 0 aliphatic carbocycles. The van der Waals surface area contributed by atoms with Crippen molar-refractivity contribution < 1.29 is 46.7 Å². The molecule has 33 heavy (non-hydrogen) atoms. The first kappa shape index (κ1) is 25.6. The van der Waals surface area contributed by atoms with E-state index in [1.807, 2.05) is 0 Å². The summed E-state index contributed by atoms with van der Waals surface area (Å²) in [5, 5.41) is 0. The number of hydrogen-bond donors (Lipinski definition) is 0. The summed E-state index contributed by atoms with van der Waals surface area (Å²) in [7, 11) is -2.71. The maximum atomic E-state index is 13.2. The molecule has 0 saturated carbocycles. The van der Waals surface area contributed by atoms with Gasteiger partial charge < -0.3 is 14.2 Å². The molecule has 0 aromatic rings. The number of esters is 1. The second kappa shape index (κ2) is 10.1. The number of ketones is 1. The number of amides is 1. The Morgan fingerprint density at radius 1 is 1.42 bits per heavy atom. The average Bonchev–Trinajstić information content (AvgIpc) is 3.03. The number of terminal acetylenes is 1. The minimum Gasteiger partial charge on any atom is -0.463 e. The molecule has 0 bridgehead atoms. The summed E-state index contributed by atoms with van der Waals surface area (Å²) in [6.45, 7) is 4.66. The van der Waals surface area contributed by atoms with Crippen LogP contribution in [0.2, 0.25) is 0 Å². The van der Waals surface area contributed by atoms with Gasteiger partial charge in [0, 0.05) is 13.3 Å². The van der Waals surface area contributed by atoms with Crippen LogP contribution in [0.4, 0.5) is 0 Å². The number of hydrogen-bond acceptors (Lipinski definition) is 10. The molecule has 0 aromatic heterocycles. The monoisotopic (exact) mass is 485 g/mol. The minimum atomic E-state index is -4.09. The molecule has 0 unspecified atom stereocenters. The number of fused-ring (bicyclic) bond motifs is 1. The van der Waals surface area contributed by atoms with Gasteiger partial charge in [0.15, 0.2) is 12.0 Å². The number of phosphoric acid groups is 1. The summed E-state index contributed by atoms with van der Waals surface area (Å²) in [6, 6.07) is 0. The first-order valence-corrected chi connectivity index (χ1v) is 11.9. The van der Waals surface area contributed by atoms with Crippen LogP contribution in [0.3, 0.4) is 0 Å². The Bertz CT molecular complexity index is 911. The second-order valence-electron chi connectivity index (χ2n) is 8.38. The van der Waals surface area contributed by atoms with E-state index in [-0.39, 0.29) is 37.9 Å². The number of phosphoric ester groups is 1. The molecule has 0 spiro atoms. The molecule has 0 aromatic carbocycles. The lowest BCUT2D eigenvalue weighted by Crippen LogP contribution is -2.49. The second-order valence-corrected chi connectivity index (χ2v) is 10.0. The van der Waals surface area contributed by atoms with Gasteiger partial charge in [-0.3, -0.25) is 32.9 Å². The van der Waals surface area contributed by atoms with Crippen molar-refractivity contribution in [3.63, 3.8) is 0 Å². The van der Waals surface area contributed by atoms with E-state index in [1.165, 1.54) is 24.3 Å². The average molecular weight is 485 g/mol. The van der Waals surface area contributed by atoms with Gasteiger partial charge in [0.25, 0.3) is 0 Å². The number of allylic oxidation sites excluding steroid dienone is 1. The number of methoxy groups -OCH3 is 1. The zero-order chi connectivity index (χ0) is 24.4. The van der Waals surface area contributed by atoms with Crippen molar-refractivity contribution in [1.82, 2.24) is 4.90 Å². The van der Waals surface area contributed by atoms with E-state index in [2.05, 4.69) is 5.92 Å². The fourth-order valence-corrected chi connectivity index (χ4v) is 5.26. The van der Waals surface area contributed by atoms with Crippen LogP contribution in [0.25, 0.3) is 0 Å². The summed E-state index contributed by atoms with van der Waals surface area (Å²) in [5.74, 6) is 1.31. The van der Waals surface area contributed by atoms with E-state index in [4.69, 9.17) is 34.2 Å². The third-order valence-corrected chi connectivity index (χ3v) is 6.91. The minimum absolute atomic E-state index is 0.115. The van der Waals surface area contributed by atoms with Gasteiger partial charge in [-0.25, -0.2) is 4.57 Å². The topological polar surface area (TPSA) is 127 Å². The quantitative estimate of drug-likeness (QED) is 0.216. The Morgan fingerprint density at radius 2 is 2.15 bits per heavy atom. The van der Waals surface area contributed by atoms with E-state index in [1.54, 1.807) is 20.8 Å². The van der Waals surface area contributed by atoms with Gasteiger partial charge in [0.2, 0.25) is 5.91 Å². The van der Waals surface area contributed by atoms with E-state index >= 15 is 0 Å². The predicted octanol–water partition coefficient (Wildman–Crippen LogP) is 1.56. The van der Waals surface area contributed by atoms with Gasteiger partial charge >= 0.3 is 13.8 Å². The maximum absolute atomic E-state index is 13.2. The molecule has 0 radical (unpaired) electrons. The van der Waals surface area contributed by atoms with Crippen LogP contribution < -0.4 is 0 Å².